The van der Waals surface area contributed by atoms with Gasteiger partial charge in [-0.2, -0.15) is 0 Å². The summed E-state index contributed by atoms with van der Waals surface area (Å²) in [4.78, 5) is 20.2. The van der Waals surface area contributed by atoms with Gasteiger partial charge < -0.3 is 9.79 Å². The molecule has 1 aromatic carbocycles. The SMILES string of the molecule is N#[N+]c1ccc(CP(=O)(O)O)cc1. The minimum absolute atomic E-state index is 0.293. The van der Waals surface area contributed by atoms with E-state index in [1.165, 1.54) is 24.3 Å². The molecule has 0 saturated heterocycles. The zero-order chi connectivity index (χ0) is 9.90. The van der Waals surface area contributed by atoms with Crippen LogP contribution in [0.3, 0.4) is 0 Å². The predicted molar refractivity (Wildman–Crippen MR) is 46.9 cm³/mol. The summed E-state index contributed by atoms with van der Waals surface area (Å²) in [6.45, 7) is 0. The first-order valence-corrected chi connectivity index (χ1v) is 5.29. The molecule has 0 heterocycles. The molecule has 68 valence electrons. The second kappa shape index (κ2) is 3.67. The molecule has 0 aliphatic heterocycles. The molecule has 0 atom stereocenters. The first kappa shape index (κ1) is 9.87. The third kappa shape index (κ3) is 3.34. The number of hydrogen-bond donors (Lipinski definition) is 2. The van der Waals surface area contributed by atoms with E-state index in [1.807, 2.05) is 0 Å². The van der Waals surface area contributed by atoms with Gasteiger partial charge in [-0.1, -0.05) is 12.1 Å². The number of rotatable bonds is 2. The molecule has 0 unspecified atom stereocenters. The van der Waals surface area contributed by atoms with Gasteiger partial charge in [0.2, 0.25) is 5.39 Å². The number of diazo groups is 1. The normalized spacial score (nSPS) is 10.8. The molecule has 0 bridgehead atoms. The molecule has 0 aromatic heterocycles. The molecular weight excluding hydrogens is 191 g/mol. The van der Waals surface area contributed by atoms with Crippen LogP contribution >= 0.6 is 7.60 Å². The van der Waals surface area contributed by atoms with E-state index in [4.69, 9.17) is 15.2 Å². The summed E-state index contributed by atoms with van der Waals surface area (Å²) >= 11 is 0. The summed E-state index contributed by atoms with van der Waals surface area (Å²) in [7, 11) is -4.00. The van der Waals surface area contributed by atoms with Gasteiger partial charge in [0.15, 0.2) is 4.98 Å². The van der Waals surface area contributed by atoms with E-state index in [9.17, 15) is 4.57 Å². The van der Waals surface area contributed by atoms with Crippen molar-refractivity contribution in [2.75, 3.05) is 0 Å². The molecule has 2 N–H and O–H groups in total. The van der Waals surface area contributed by atoms with Crippen molar-refractivity contribution in [1.82, 2.24) is 0 Å². The highest BCUT2D eigenvalue weighted by Gasteiger charge is 2.14. The topological polar surface area (TPSA) is 85.7 Å². The molecule has 0 spiro atoms. The fourth-order valence-corrected chi connectivity index (χ4v) is 1.59. The number of hydrogen-bond acceptors (Lipinski definition) is 2. The van der Waals surface area contributed by atoms with Crippen LogP contribution in [0.1, 0.15) is 5.56 Å². The average molecular weight is 199 g/mol. The van der Waals surface area contributed by atoms with Gasteiger partial charge in [-0.15, -0.1) is 0 Å². The highest BCUT2D eigenvalue weighted by molar-refractivity contribution is 7.50. The third-order valence-electron chi connectivity index (χ3n) is 1.44. The van der Waals surface area contributed by atoms with Crippen LogP contribution in [0.5, 0.6) is 0 Å². The predicted octanol–water partition coefficient (Wildman–Crippen LogP) is 1.85. The van der Waals surface area contributed by atoms with Crippen LogP contribution in [0.25, 0.3) is 4.98 Å². The Bertz CT molecular complexity index is 376. The Hall–Kier alpha value is -1.21. The zero-order valence-electron chi connectivity index (χ0n) is 6.66. The second-order valence-electron chi connectivity index (χ2n) is 2.59. The number of nitrogens with zero attached hydrogens (tertiary/aromatic N) is 2. The van der Waals surface area contributed by atoms with E-state index in [0.717, 1.165) is 0 Å². The van der Waals surface area contributed by atoms with E-state index in [-0.39, 0.29) is 6.16 Å². The van der Waals surface area contributed by atoms with Gasteiger partial charge in [0.1, 0.15) is 0 Å². The lowest BCUT2D eigenvalue weighted by Crippen LogP contribution is -1.85. The maximum atomic E-state index is 10.6. The minimum Gasteiger partial charge on any atom is -0.324 e. The Labute approximate surface area is 74.8 Å². The average Bonchev–Trinajstić information content (AvgIpc) is 2.03. The Balaban J connectivity index is 2.83. The van der Waals surface area contributed by atoms with Crippen LogP contribution in [0.4, 0.5) is 5.69 Å². The van der Waals surface area contributed by atoms with E-state index < -0.39 is 7.60 Å². The fourth-order valence-electron chi connectivity index (χ4n) is 0.906. The Morgan fingerprint density at radius 1 is 1.31 bits per heavy atom. The highest BCUT2D eigenvalue weighted by atomic mass is 31.2. The Kier molecular flexibility index (Phi) is 2.79. The van der Waals surface area contributed by atoms with Crippen LogP contribution in [0.2, 0.25) is 0 Å². The van der Waals surface area contributed by atoms with Gasteiger partial charge in [0, 0.05) is 12.1 Å². The van der Waals surface area contributed by atoms with Gasteiger partial charge in [-0.05, 0) is 5.56 Å². The van der Waals surface area contributed by atoms with Gasteiger partial charge >= 0.3 is 13.3 Å². The molecule has 0 fully saturated rings. The Morgan fingerprint density at radius 3 is 2.23 bits per heavy atom. The van der Waals surface area contributed by atoms with E-state index in [0.29, 0.717) is 11.3 Å². The molecule has 1 rings (SSSR count). The quantitative estimate of drug-likeness (QED) is 0.562. The maximum absolute atomic E-state index is 10.6. The lowest BCUT2D eigenvalue weighted by Gasteiger charge is -2.01. The van der Waals surface area contributed by atoms with Crippen molar-refractivity contribution in [3.05, 3.63) is 34.8 Å². The molecular formula is C7H8N2O3P+. The molecule has 0 amide bonds. The first-order valence-electron chi connectivity index (χ1n) is 3.50. The molecule has 5 nitrogen and oxygen atoms in total. The molecule has 0 aliphatic carbocycles. The highest BCUT2D eigenvalue weighted by Crippen LogP contribution is 2.39. The minimum atomic E-state index is -4.00. The second-order valence-corrected chi connectivity index (χ2v) is 4.23. The van der Waals surface area contributed by atoms with Crippen molar-refractivity contribution in [3.8, 4) is 0 Å². The van der Waals surface area contributed by atoms with E-state index in [1.54, 1.807) is 0 Å². The Morgan fingerprint density at radius 2 is 1.85 bits per heavy atom. The summed E-state index contributed by atoms with van der Waals surface area (Å²) < 4.78 is 10.6. The van der Waals surface area contributed by atoms with Crippen molar-refractivity contribution in [1.29, 1.82) is 5.39 Å². The monoisotopic (exact) mass is 199 g/mol. The van der Waals surface area contributed by atoms with Gasteiger partial charge in [0.05, 0.1) is 6.16 Å². The largest absolute Gasteiger partial charge is 0.385 e. The zero-order valence-corrected chi connectivity index (χ0v) is 7.56. The maximum Gasteiger partial charge on any atom is 0.385 e. The van der Waals surface area contributed by atoms with Crippen molar-refractivity contribution < 1.29 is 14.4 Å². The van der Waals surface area contributed by atoms with Crippen LogP contribution in [-0.4, -0.2) is 9.79 Å². The van der Waals surface area contributed by atoms with Crippen molar-refractivity contribution >= 4 is 13.3 Å². The molecule has 1 aromatic rings. The molecule has 0 aliphatic rings. The lowest BCUT2D eigenvalue weighted by atomic mass is 10.2. The van der Waals surface area contributed by atoms with Gasteiger partial charge in [0.25, 0.3) is 0 Å². The fraction of sp³-hybridized carbons (Fsp3) is 0.143. The van der Waals surface area contributed by atoms with E-state index >= 15 is 0 Å². The van der Waals surface area contributed by atoms with Gasteiger partial charge in [-0.3, -0.25) is 4.57 Å². The standard InChI is InChI=1S/C7H7N2O3P/c8-9-7-3-1-6(2-4-7)5-13(10,11)12/h1-4H,5H2,(H-,10,11,12)/p+1. The van der Waals surface area contributed by atoms with Crippen molar-refractivity contribution in [2.24, 2.45) is 0 Å². The summed E-state index contributed by atoms with van der Waals surface area (Å²) in [5.74, 6) is 0. The molecule has 0 radical (unpaired) electrons. The smallest absolute Gasteiger partial charge is 0.324 e. The lowest BCUT2D eigenvalue weighted by molar-refractivity contribution is 0.372. The molecule has 13 heavy (non-hydrogen) atoms. The summed E-state index contributed by atoms with van der Waals surface area (Å²) in [5, 5.41) is 8.33. The van der Waals surface area contributed by atoms with E-state index in [2.05, 4.69) is 4.98 Å². The third-order valence-corrected chi connectivity index (χ3v) is 2.22. The van der Waals surface area contributed by atoms with Crippen LogP contribution in [-0.2, 0) is 10.7 Å². The van der Waals surface area contributed by atoms with Crippen LogP contribution in [0.15, 0.2) is 24.3 Å². The first-order chi connectivity index (χ1) is 6.01. The molecule has 0 saturated carbocycles. The van der Waals surface area contributed by atoms with Crippen molar-refractivity contribution in [3.63, 3.8) is 0 Å². The number of benzene rings is 1. The van der Waals surface area contributed by atoms with Crippen LogP contribution < -0.4 is 0 Å². The van der Waals surface area contributed by atoms with Gasteiger partial charge in [-0.25, -0.2) is 0 Å². The summed E-state index contributed by atoms with van der Waals surface area (Å²) in [5.41, 5.74) is 0.871. The summed E-state index contributed by atoms with van der Waals surface area (Å²) in [6, 6.07) is 5.97. The summed E-state index contributed by atoms with van der Waals surface area (Å²) in [6.07, 6.45) is -0.293. The van der Waals surface area contributed by atoms with Crippen molar-refractivity contribution in [2.45, 2.75) is 6.16 Å². The molecule has 6 heteroatoms. The van der Waals surface area contributed by atoms with Crippen LogP contribution in [0, 0.1) is 5.39 Å².